The van der Waals surface area contributed by atoms with E-state index in [4.69, 9.17) is 10.5 Å². The van der Waals surface area contributed by atoms with Crippen molar-refractivity contribution in [3.8, 4) is 0 Å². The maximum Gasteiger partial charge on any atom is 0.339 e. The van der Waals surface area contributed by atoms with Crippen LogP contribution in [0.1, 0.15) is 37.0 Å². The van der Waals surface area contributed by atoms with Crippen molar-refractivity contribution in [3.63, 3.8) is 0 Å². The molecule has 0 spiro atoms. The van der Waals surface area contributed by atoms with Crippen molar-refractivity contribution in [1.29, 1.82) is 0 Å². The number of nitrogen functional groups attached to an aromatic ring is 1. The fourth-order valence-corrected chi connectivity index (χ4v) is 1.47. The van der Waals surface area contributed by atoms with Crippen molar-refractivity contribution < 1.29 is 18.7 Å². The average Bonchev–Trinajstić information content (AvgIpc) is 2.41. The summed E-state index contributed by atoms with van der Waals surface area (Å²) in [6, 6.07) is 3.61. The second kappa shape index (κ2) is 7.47. The summed E-state index contributed by atoms with van der Waals surface area (Å²) < 4.78 is 18.2. The minimum Gasteiger partial charge on any atom is -0.449 e. The van der Waals surface area contributed by atoms with Crippen LogP contribution in [0.15, 0.2) is 18.2 Å². The van der Waals surface area contributed by atoms with Crippen molar-refractivity contribution in [2.45, 2.75) is 32.8 Å². The summed E-state index contributed by atoms with van der Waals surface area (Å²) in [4.78, 5) is 23.4. The number of benzene rings is 1. The first kappa shape index (κ1) is 15.9. The van der Waals surface area contributed by atoms with Gasteiger partial charge in [-0.05, 0) is 31.5 Å². The number of carbonyl (C=O) groups excluding carboxylic acids is 2. The maximum atomic E-state index is 13.2. The molecule has 0 aliphatic heterocycles. The number of amides is 1. The summed E-state index contributed by atoms with van der Waals surface area (Å²) in [6.45, 7) is 4.01. The molecule has 1 aromatic rings. The number of carbonyl (C=O) groups is 2. The third-order valence-corrected chi connectivity index (χ3v) is 2.72. The fourth-order valence-electron chi connectivity index (χ4n) is 1.47. The van der Waals surface area contributed by atoms with E-state index in [0.29, 0.717) is 6.54 Å². The number of unbranched alkanes of at least 4 members (excludes halogenated alkanes) is 1. The van der Waals surface area contributed by atoms with Crippen LogP contribution in [-0.2, 0) is 9.53 Å². The van der Waals surface area contributed by atoms with Gasteiger partial charge in [0.25, 0.3) is 5.91 Å². The molecule has 1 unspecified atom stereocenters. The van der Waals surface area contributed by atoms with E-state index >= 15 is 0 Å². The number of hydrogen-bond donors (Lipinski definition) is 2. The van der Waals surface area contributed by atoms with Crippen molar-refractivity contribution in [2.24, 2.45) is 0 Å². The number of hydrogen-bond acceptors (Lipinski definition) is 4. The van der Waals surface area contributed by atoms with E-state index < -0.39 is 17.9 Å². The normalized spacial score (nSPS) is 11.8. The molecule has 0 saturated heterocycles. The number of rotatable bonds is 6. The van der Waals surface area contributed by atoms with Gasteiger partial charge in [0.1, 0.15) is 5.82 Å². The van der Waals surface area contributed by atoms with E-state index in [2.05, 4.69) is 5.32 Å². The molecule has 0 aromatic heterocycles. The van der Waals surface area contributed by atoms with Crippen LogP contribution in [-0.4, -0.2) is 24.5 Å². The van der Waals surface area contributed by atoms with Crippen molar-refractivity contribution in [2.75, 3.05) is 12.3 Å². The monoisotopic (exact) mass is 282 g/mol. The minimum absolute atomic E-state index is 0.0184. The Kier molecular flexibility index (Phi) is 5.96. The van der Waals surface area contributed by atoms with Gasteiger partial charge in [-0.3, -0.25) is 4.79 Å². The zero-order valence-corrected chi connectivity index (χ0v) is 11.6. The van der Waals surface area contributed by atoms with Gasteiger partial charge in [0, 0.05) is 6.54 Å². The quantitative estimate of drug-likeness (QED) is 0.474. The SMILES string of the molecule is CCCCNC(=O)C(C)OC(=O)c1ccc(N)c(F)c1. The van der Waals surface area contributed by atoms with Gasteiger partial charge in [-0.1, -0.05) is 13.3 Å². The standard InChI is InChI=1S/C14H19FN2O3/c1-3-4-7-17-13(18)9(2)20-14(19)10-5-6-12(16)11(15)8-10/h5-6,8-9H,3-4,7,16H2,1-2H3,(H,17,18). The Labute approximate surface area is 117 Å². The predicted molar refractivity (Wildman–Crippen MR) is 73.6 cm³/mol. The number of esters is 1. The van der Waals surface area contributed by atoms with Crippen molar-refractivity contribution >= 4 is 17.6 Å². The van der Waals surface area contributed by atoms with E-state index in [1.54, 1.807) is 0 Å². The fraction of sp³-hybridized carbons (Fsp3) is 0.429. The number of anilines is 1. The zero-order valence-electron chi connectivity index (χ0n) is 11.6. The summed E-state index contributed by atoms with van der Waals surface area (Å²) in [7, 11) is 0. The topological polar surface area (TPSA) is 81.4 Å². The third kappa shape index (κ3) is 4.53. The smallest absolute Gasteiger partial charge is 0.339 e. The lowest BCUT2D eigenvalue weighted by Gasteiger charge is -2.13. The van der Waals surface area contributed by atoms with E-state index in [9.17, 15) is 14.0 Å². The molecule has 20 heavy (non-hydrogen) atoms. The molecule has 0 aliphatic carbocycles. The molecule has 1 rings (SSSR count). The Morgan fingerprint density at radius 1 is 1.45 bits per heavy atom. The molecule has 0 bridgehead atoms. The molecular weight excluding hydrogens is 263 g/mol. The molecule has 0 aliphatic rings. The minimum atomic E-state index is -0.931. The highest BCUT2D eigenvalue weighted by molar-refractivity contribution is 5.92. The summed E-state index contributed by atoms with van der Waals surface area (Å²) in [5.74, 6) is -1.83. The molecule has 3 N–H and O–H groups in total. The molecular formula is C14H19FN2O3. The highest BCUT2D eigenvalue weighted by Crippen LogP contribution is 2.13. The van der Waals surface area contributed by atoms with Gasteiger partial charge in [0.15, 0.2) is 6.10 Å². The van der Waals surface area contributed by atoms with Gasteiger partial charge in [0.05, 0.1) is 11.3 Å². The van der Waals surface area contributed by atoms with Gasteiger partial charge >= 0.3 is 5.97 Å². The largest absolute Gasteiger partial charge is 0.449 e. The zero-order chi connectivity index (χ0) is 15.1. The van der Waals surface area contributed by atoms with E-state index in [0.717, 1.165) is 18.9 Å². The molecule has 6 heteroatoms. The number of nitrogens with one attached hydrogen (secondary N) is 1. The van der Waals surface area contributed by atoms with Gasteiger partial charge in [-0.2, -0.15) is 0 Å². The number of ether oxygens (including phenoxy) is 1. The molecule has 1 aromatic carbocycles. The van der Waals surface area contributed by atoms with Crippen molar-refractivity contribution in [3.05, 3.63) is 29.6 Å². The van der Waals surface area contributed by atoms with E-state index in [-0.39, 0.29) is 17.2 Å². The third-order valence-electron chi connectivity index (χ3n) is 2.72. The summed E-state index contributed by atoms with van der Waals surface area (Å²) >= 11 is 0. The summed E-state index contributed by atoms with van der Waals surface area (Å²) in [5.41, 5.74) is 5.28. The Morgan fingerprint density at radius 2 is 2.15 bits per heavy atom. The molecule has 0 saturated carbocycles. The van der Waals surface area contributed by atoms with Gasteiger partial charge in [-0.15, -0.1) is 0 Å². The maximum absolute atomic E-state index is 13.2. The Balaban J connectivity index is 2.56. The molecule has 0 heterocycles. The van der Waals surface area contributed by atoms with E-state index in [1.807, 2.05) is 6.92 Å². The molecule has 110 valence electrons. The molecule has 1 atom stereocenters. The first-order valence-corrected chi connectivity index (χ1v) is 6.49. The van der Waals surface area contributed by atoms with Gasteiger partial charge in [-0.25, -0.2) is 9.18 Å². The summed E-state index contributed by atoms with van der Waals surface area (Å²) in [6.07, 6.45) is 0.884. The van der Waals surface area contributed by atoms with Crippen LogP contribution >= 0.6 is 0 Å². The highest BCUT2D eigenvalue weighted by atomic mass is 19.1. The molecule has 1 amide bonds. The lowest BCUT2D eigenvalue weighted by molar-refractivity contribution is -0.129. The second-order valence-corrected chi connectivity index (χ2v) is 4.43. The number of halogens is 1. The second-order valence-electron chi connectivity index (χ2n) is 4.43. The lowest BCUT2D eigenvalue weighted by Crippen LogP contribution is -2.36. The highest BCUT2D eigenvalue weighted by Gasteiger charge is 2.19. The average molecular weight is 282 g/mol. The first-order valence-electron chi connectivity index (χ1n) is 6.49. The number of nitrogens with two attached hydrogens (primary N) is 1. The summed E-state index contributed by atoms with van der Waals surface area (Å²) in [5, 5.41) is 2.65. The van der Waals surface area contributed by atoms with Crippen molar-refractivity contribution in [1.82, 2.24) is 5.32 Å². The Morgan fingerprint density at radius 3 is 2.75 bits per heavy atom. The van der Waals surface area contributed by atoms with Gasteiger partial charge < -0.3 is 15.8 Å². The Hall–Kier alpha value is -2.11. The molecule has 0 fully saturated rings. The van der Waals surface area contributed by atoms with Crippen LogP contribution in [0.2, 0.25) is 0 Å². The van der Waals surface area contributed by atoms with Crippen LogP contribution < -0.4 is 11.1 Å². The predicted octanol–water partition coefficient (Wildman–Crippen LogP) is 1.87. The van der Waals surface area contributed by atoms with Crippen LogP contribution in [0.4, 0.5) is 10.1 Å². The Bertz CT molecular complexity index is 491. The molecule has 0 radical (unpaired) electrons. The van der Waals surface area contributed by atoms with Crippen LogP contribution in [0, 0.1) is 5.82 Å². The first-order chi connectivity index (χ1) is 9.45. The lowest BCUT2D eigenvalue weighted by atomic mass is 10.2. The van der Waals surface area contributed by atoms with Crippen LogP contribution in [0.3, 0.4) is 0 Å². The van der Waals surface area contributed by atoms with E-state index in [1.165, 1.54) is 19.1 Å². The van der Waals surface area contributed by atoms with Crippen LogP contribution in [0.25, 0.3) is 0 Å². The van der Waals surface area contributed by atoms with Crippen LogP contribution in [0.5, 0.6) is 0 Å². The van der Waals surface area contributed by atoms with Gasteiger partial charge in [0.2, 0.25) is 0 Å². The molecule has 5 nitrogen and oxygen atoms in total.